The third-order valence-corrected chi connectivity index (χ3v) is 9.56. The first-order valence-corrected chi connectivity index (χ1v) is 14.7. The summed E-state index contributed by atoms with van der Waals surface area (Å²) in [6.07, 6.45) is -0.565. The maximum Gasteiger partial charge on any atom is 0.322 e. The number of hydrogen-bond acceptors (Lipinski definition) is 4. The summed E-state index contributed by atoms with van der Waals surface area (Å²) in [4.78, 5) is 25.4. The second-order valence-electron chi connectivity index (χ2n) is 10.1. The number of benzene rings is 4. The number of amides is 1. The molecule has 4 aromatic carbocycles. The minimum absolute atomic E-state index is 0.318. The zero-order valence-corrected chi connectivity index (χ0v) is 25.2. The molecule has 40 heavy (non-hydrogen) atoms. The quantitative estimate of drug-likeness (QED) is 0.186. The van der Waals surface area contributed by atoms with Gasteiger partial charge < -0.3 is 15.2 Å². The number of carbonyl (C=O) groups is 2. The van der Waals surface area contributed by atoms with Crippen LogP contribution >= 0.6 is 27.3 Å². The summed E-state index contributed by atoms with van der Waals surface area (Å²) in [7, 11) is 0. The Morgan fingerprint density at radius 1 is 0.950 bits per heavy atom. The van der Waals surface area contributed by atoms with Gasteiger partial charge in [0.25, 0.3) is 5.91 Å². The number of carbonyl (C=O) groups excluding carboxylic acids is 1. The molecule has 0 radical (unpaired) electrons. The highest BCUT2D eigenvalue weighted by Crippen LogP contribution is 2.47. The third kappa shape index (κ3) is 5.36. The molecule has 0 spiro atoms. The smallest absolute Gasteiger partial charge is 0.322 e. The van der Waals surface area contributed by atoms with E-state index in [9.17, 15) is 9.59 Å². The molecule has 0 fully saturated rings. The van der Waals surface area contributed by atoms with Crippen molar-refractivity contribution in [2.75, 3.05) is 6.54 Å². The number of rotatable bonds is 8. The van der Waals surface area contributed by atoms with Crippen LogP contribution in [0.25, 0.3) is 32.0 Å². The van der Waals surface area contributed by atoms with Crippen molar-refractivity contribution in [1.29, 1.82) is 0 Å². The molecule has 1 aromatic heterocycles. The maximum atomic E-state index is 13.0. The highest BCUT2D eigenvalue weighted by molar-refractivity contribution is 9.11. The zero-order chi connectivity index (χ0) is 28.6. The van der Waals surface area contributed by atoms with Crippen LogP contribution in [0.2, 0.25) is 0 Å². The normalized spacial score (nSPS) is 12.0. The van der Waals surface area contributed by atoms with Crippen molar-refractivity contribution in [2.24, 2.45) is 0 Å². The van der Waals surface area contributed by atoms with Crippen LogP contribution < -0.4 is 10.1 Å². The molecular formula is C33H30BrNO4S. The second kappa shape index (κ2) is 11.4. The van der Waals surface area contributed by atoms with Gasteiger partial charge in [-0.1, -0.05) is 54.6 Å². The van der Waals surface area contributed by atoms with E-state index in [4.69, 9.17) is 9.84 Å². The van der Waals surface area contributed by atoms with Crippen molar-refractivity contribution < 1.29 is 19.4 Å². The number of fused-ring (bicyclic) bond motifs is 2. The lowest BCUT2D eigenvalue weighted by Gasteiger charge is -2.22. The summed E-state index contributed by atoms with van der Waals surface area (Å²) in [5.41, 5.74) is 6.29. The van der Waals surface area contributed by atoms with E-state index in [0.29, 0.717) is 12.2 Å². The van der Waals surface area contributed by atoms with Crippen molar-refractivity contribution in [3.63, 3.8) is 0 Å². The molecule has 0 saturated carbocycles. The van der Waals surface area contributed by atoms with Gasteiger partial charge in [-0.3, -0.25) is 9.59 Å². The molecule has 0 aliphatic carbocycles. The molecular weight excluding hydrogens is 586 g/mol. The standard InChI is InChI=1S/C33H30BrNO4S/c1-18-14-23(29-24-12-8-9-13-25(24)30(34)32-28(29)20(3)21(4)40-32)15-19(2)31(18)39-26(33(38)35-17-27(36)37)16-22-10-6-5-7-11-22/h5-15,26H,16-17H2,1-4H3,(H,35,38)(H,36,37). The zero-order valence-electron chi connectivity index (χ0n) is 22.8. The molecule has 0 bridgehead atoms. The number of hydrogen-bond donors (Lipinski definition) is 2. The summed E-state index contributed by atoms with van der Waals surface area (Å²) in [5, 5.41) is 15.2. The number of aryl methyl sites for hydroxylation is 4. The van der Waals surface area contributed by atoms with E-state index in [1.54, 1.807) is 11.3 Å². The van der Waals surface area contributed by atoms with Gasteiger partial charge in [-0.05, 0) is 99.9 Å². The van der Waals surface area contributed by atoms with E-state index in [2.05, 4.69) is 71.5 Å². The molecule has 7 heteroatoms. The molecule has 5 nitrogen and oxygen atoms in total. The second-order valence-corrected chi connectivity index (χ2v) is 12.1. The molecule has 204 valence electrons. The molecule has 1 unspecified atom stereocenters. The van der Waals surface area contributed by atoms with E-state index in [0.717, 1.165) is 26.7 Å². The lowest BCUT2D eigenvalue weighted by atomic mass is 9.91. The Kier molecular flexibility index (Phi) is 7.97. The van der Waals surface area contributed by atoms with Crippen molar-refractivity contribution in [2.45, 2.75) is 40.2 Å². The first kappa shape index (κ1) is 27.9. The molecule has 0 aliphatic heterocycles. The third-order valence-electron chi connectivity index (χ3n) is 7.25. The topological polar surface area (TPSA) is 75.6 Å². The predicted octanol–water partition coefficient (Wildman–Crippen LogP) is 7.91. The van der Waals surface area contributed by atoms with E-state index in [-0.39, 0.29) is 0 Å². The number of carboxylic acids is 1. The van der Waals surface area contributed by atoms with Crippen molar-refractivity contribution in [3.8, 4) is 16.9 Å². The monoisotopic (exact) mass is 615 g/mol. The number of nitrogens with one attached hydrogen (secondary N) is 1. The minimum atomic E-state index is -1.10. The highest BCUT2D eigenvalue weighted by Gasteiger charge is 2.25. The Morgan fingerprint density at radius 3 is 2.23 bits per heavy atom. The number of thiophene rings is 1. The fourth-order valence-electron chi connectivity index (χ4n) is 5.25. The molecule has 0 saturated heterocycles. The van der Waals surface area contributed by atoms with Crippen molar-refractivity contribution in [3.05, 3.63) is 98.3 Å². The largest absolute Gasteiger partial charge is 0.480 e. The summed E-state index contributed by atoms with van der Waals surface area (Å²) in [6.45, 7) is 7.86. The van der Waals surface area contributed by atoms with Gasteiger partial charge in [0.2, 0.25) is 0 Å². The fraction of sp³-hybridized carbons (Fsp3) is 0.212. The van der Waals surface area contributed by atoms with Crippen LogP contribution in [-0.4, -0.2) is 29.6 Å². The predicted molar refractivity (Wildman–Crippen MR) is 167 cm³/mol. The van der Waals surface area contributed by atoms with Crippen molar-refractivity contribution in [1.82, 2.24) is 5.32 Å². The average molecular weight is 617 g/mol. The van der Waals surface area contributed by atoms with Gasteiger partial charge >= 0.3 is 5.97 Å². The Balaban J connectivity index is 1.60. The van der Waals surface area contributed by atoms with Crippen LogP contribution in [0, 0.1) is 27.7 Å². The molecule has 0 aliphatic rings. The van der Waals surface area contributed by atoms with Gasteiger partial charge in [-0.15, -0.1) is 11.3 Å². The van der Waals surface area contributed by atoms with Gasteiger partial charge in [0, 0.05) is 21.2 Å². The van der Waals surface area contributed by atoms with E-state index in [1.165, 1.54) is 36.9 Å². The van der Waals surface area contributed by atoms with Crippen LogP contribution in [-0.2, 0) is 16.0 Å². The maximum absolute atomic E-state index is 13.0. The van der Waals surface area contributed by atoms with E-state index >= 15 is 0 Å². The van der Waals surface area contributed by atoms with E-state index < -0.39 is 24.5 Å². The highest BCUT2D eigenvalue weighted by atomic mass is 79.9. The van der Waals surface area contributed by atoms with Crippen LogP contribution in [0.1, 0.15) is 27.1 Å². The van der Waals surface area contributed by atoms with Crippen LogP contribution in [0.4, 0.5) is 0 Å². The summed E-state index contributed by atoms with van der Waals surface area (Å²) in [6, 6.07) is 22.3. The Bertz CT molecular complexity index is 1740. The number of halogens is 1. The number of carboxylic acid groups (broad SMARTS) is 1. The first-order valence-electron chi connectivity index (χ1n) is 13.1. The lowest BCUT2D eigenvalue weighted by molar-refractivity contribution is -0.139. The molecule has 1 atom stereocenters. The lowest BCUT2D eigenvalue weighted by Crippen LogP contribution is -2.42. The van der Waals surface area contributed by atoms with Crippen LogP contribution in [0.5, 0.6) is 5.75 Å². The molecule has 1 amide bonds. The average Bonchev–Trinajstić information content (AvgIpc) is 3.23. The van der Waals surface area contributed by atoms with Crippen LogP contribution in [0.3, 0.4) is 0 Å². The summed E-state index contributed by atoms with van der Waals surface area (Å²) < 4.78 is 8.73. The first-order chi connectivity index (χ1) is 19.2. The SMILES string of the molecule is Cc1cc(-c2c3ccccc3c(Br)c3sc(C)c(C)c23)cc(C)c1OC(Cc1ccccc1)C(=O)NCC(=O)O. The summed E-state index contributed by atoms with van der Waals surface area (Å²) in [5.74, 6) is -0.930. The molecule has 2 N–H and O–H groups in total. The molecule has 1 heterocycles. The Labute approximate surface area is 245 Å². The van der Waals surface area contributed by atoms with Crippen molar-refractivity contribution >= 4 is 60.0 Å². The fourth-order valence-corrected chi connectivity index (χ4v) is 7.15. The van der Waals surface area contributed by atoms with Crippen LogP contribution in [0.15, 0.2) is 71.2 Å². The van der Waals surface area contributed by atoms with Gasteiger partial charge in [0.15, 0.2) is 6.10 Å². The Morgan fingerprint density at radius 2 is 1.57 bits per heavy atom. The van der Waals surface area contributed by atoms with Gasteiger partial charge in [0.1, 0.15) is 12.3 Å². The van der Waals surface area contributed by atoms with E-state index in [1.807, 2.05) is 44.2 Å². The van der Waals surface area contributed by atoms with Gasteiger partial charge in [-0.25, -0.2) is 0 Å². The summed E-state index contributed by atoms with van der Waals surface area (Å²) >= 11 is 5.68. The minimum Gasteiger partial charge on any atom is -0.480 e. The molecule has 5 aromatic rings. The number of ether oxygens (including phenoxy) is 1. The van der Waals surface area contributed by atoms with Gasteiger partial charge in [0.05, 0.1) is 4.70 Å². The van der Waals surface area contributed by atoms with Gasteiger partial charge in [-0.2, -0.15) is 0 Å². The number of aliphatic carboxylic acids is 1. The Hall–Kier alpha value is -3.68. The molecule has 5 rings (SSSR count).